The monoisotopic (exact) mass is 262 g/mol. The van der Waals surface area contributed by atoms with Crippen molar-refractivity contribution >= 4 is 5.82 Å². The molecule has 1 saturated carbocycles. The zero-order valence-electron chi connectivity index (χ0n) is 11.7. The summed E-state index contributed by atoms with van der Waals surface area (Å²) in [7, 11) is 4.05. The van der Waals surface area contributed by atoms with Crippen LogP contribution in [-0.2, 0) is 0 Å². The highest BCUT2D eigenvalue weighted by atomic mass is 16.5. The third kappa shape index (κ3) is 3.15. The van der Waals surface area contributed by atoms with Crippen LogP contribution in [0.5, 0.6) is 5.88 Å². The summed E-state index contributed by atoms with van der Waals surface area (Å²) in [5.41, 5.74) is 0. The molecule has 0 atom stereocenters. The molecule has 2 heterocycles. The summed E-state index contributed by atoms with van der Waals surface area (Å²) >= 11 is 0. The van der Waals surface area contributed by atoms with Crippen LogP contribution in [0.1, 0.15) is 37.4 Å². The maximum absolute atomic E-state index is 6.05. The van der Waals surface area contributed by atoms with Gasteiger partial charge < -0.3 is 15.0 Å². The van der Waals surface area contributed by atoms with Crippen molar-refractivity contribution < 1.29 is 4.74 Å². The van der Waals surface area contributed by atoms with Gasteiger partial charge in [-0.2, -0.15) is 4.98 Å². The molecule has 0 spiro atoms. The van der Waals surface area contributed by atoms with E-state index in [0.717, 1.165) is 43.5 Å². The van der Waals surface area contributed by atoms with E-state index in [1.54, 1.807) is 0 Å². The van der Waals surface area contributed by atoms with Gasteiger partial charge in [-0.05, 0) is 32.7 Å². The molecule has 0 radical (unpaired) electrons. The molecule has 1 aliphatic carbocycles. The maximum Gasteiger partial charge on any atom is 0.219 e. The van der Waals surface area contributed by atoms with Crippen LogP contribution in [0.25, 0.3) is 0 Å². The van der Waals surface area contributed by atoms with E-state index in [1.165, 1.54) is 12.8 Å². The van der Waals surface area contributed by atoms with Crippen molar-refractivity contribution in [3.05, 3.63) is 11.9 Å². The first-order valence-electron chi connectivity index (χ1n) is 7.16. The summed E-state index contributed by atoms with van der Waals surface area (Å²) in [6.45, 7) is 2.20. The Bertz CT molecular complexity index is 439. The topological polar surface area (TPSA) is 50.3 Å². The number of piperidine rings is 1. The quantitative estimate of drug-likeness (QED) is 0.897. The molecule has 1 aliphatic heterocycles. The number of rotatable bonds is 4. The number of ether oxygens (including phenoxy) is 1. The third-order valence-electron chi connectivity index (χ3n) is 3.87. The number of hydrogen-bond acceptors (Lipinski definition) is 5. The largest absolute Gasteiger partial charge is 0.474 e. The van der Waals surface area contributed by atoms with Gasteiger partial charge in [0.15, 0.2) is 0 Å². The molecule has 5 heteroatoms. The fraction of sp³-hybridized carbons (Fsp3) is 0.714. The van der Waals surface area contributed by atoms with Gasteiger partial charge >= 0.3 is 0 Å². The molecule has 0 bridgehead atoms. The van der Waals surface area contributed by atoms with E-state index >= 15 is 0 Å². The van der Waals surface area contributed by atoms with E-state index in [4.69, 9.17) is 4.74 Å². The van der Waals surface area contributed by atoms with Crippen LogP contribution in [0, 0.1) is 0 Å². The number of anilines is 1. The zero-order chi connectivity index (χ0) is 13.2. The van der Waals surface area contributed by atoms with Crippen molar-refractivity contribution in [1.82, 2.24) is 14.9 Å². The molecule has 1 aromatic heterocycles. The predicted octanol–water partition coefficient (Wildman–Crippen LogP) is 1.87. The smallest absolute Gasteiger partial charge is 0.219 e. The van der Waals surface area contributed by atoms with Crippen molar-refractivity contribution in [3.8, 4) is 5.88 Å². The molecule has 1 saturated heterocycles. The fourth-order valence-electron chi connectivity index (χ4n) is 2.43. The second kappa shape index (κ2) is 5.33. The van der Waals surface area contributed by atoms with Crippen molar-refractivity contribution in [1.29, 1.82) is 0 Å². The molecule has 1 N–H and O–H groups in total. The number of hydrogen-bond donors (Lipinski definition) is 1. The Morgan fingerprint density at radius 1 is 1.21 bits per heavy atom. The molecular formula is C14H22N4O. The molecule has 2 fully saturated rings. The standard InChI is InChI=1S/C14H22N4O/c1-15-12-9-13(17-14(16-12)10-3-4-10)19-11-5-7-18(2)8-6-11/h9-11H,3-8H2,1-2H3,(H,15,16,17). The SMILES string of the molecule is CNc1cc(OC2CCN(C)CC2)nc(C2CC2)n1. The van der Waals surface area contributed by atoms with Crippen LogP contribution in [-0.4, -0.2) is 48.2 Å². The Kier molecular flexibility index (Phi) is 3.55. The van der Waals surface area contributed by atoms with E-state index in [-0.39, 0.29) is 0 Å². The van der Waals surface area contributed by atoms with E-state index in [9.17, 15) is 0 Å². The fourth-order valence-corrected chi connectivity index (χ4v) is 2.43. The van der Waals surface area contributed by atoms with Crippen molar-refractivity contribution in [3.63, 3.8) is 0 Å². The molecule has 0 aromatic carbocycles. The zero-order valence-corrected chi connectivity index (χ0v) is 11.7. The van der Waals surface area contributed by atoms with Gasteiger partial charge in [-0.3, -0.25) is 0 Å². The van der Waals surface area contributed by atoms with Crippen LogP contribution in [0.15, 0.2) is 6.07 Å². The first-order chi connectivity index (χ1) is 9.24. The van der Waals surface area contributed by atoms with Gasteiger partial charge in [0.05, 0.1) is 0 Å². The van der Waals surface area contributed by atoms with E-state index in [0.29, 0.717) is 12.0 Å². The number of likely N-dealkylation sites (tertiary alicyclic amines) is 1. The normalized spacial score (nSPS) is 21.4. The summed E-state index contributed by atoms with van der Waals surface area (Å²) in [6, 6.07) is 1.91. The van der Waals surface area contributed by atoms with Crippen molar-refractivity contribution in [2.24, 2.45) is 0 Å². The van der Waals surface area contributed by atoms with Gasteiger partial charge in [0.2, 0.25) is 5.88 Å². The highest BCUT2D eigenvalue weighted by molar-refractivity contribution is 5.38. The highest BCUT2D eigenvalue weighted by Gasteiger charge is 2.28. The molecular weight excluding hydrogens is 240 g/mol. The number of aromatic nitrogens is 2. The number of nitrogens with one attached hydrogen (secondary N) is 1. The molecule has 3 rings (SSSR count). The first-order valence-corrected chi connectivity index (χ1v) is 7.16. The van der Waals surface area contributed by atoms with Gasteiger partial charge in [-0.15, -0.1) is 0 Å². The maximum atomic E-state index is 6.05. The summed E-state index contributed by atoms with van der Waals surface area (Å²) < 4.78 is 6.05. The Hall–Kier alpha value is -1.36. The van der Waals surface area contributed by atoms with Gasteiger partial charge in [-0.1, -0.05) is 0 Å². The lowest BCUT2D eigenvalue weighted by Crippen LogP contribution is -2.35. The minimum atomic E-state index is 0.294. The minimum Gasteiger partial charge on any atom is -0.474 e. The van der Waals surface area contributed by atoms with Crippen molar-refractivity contribution in [2.75, 3.05) is 32.5 Å². The Morgan fingerprint density at radius 3 is 2.58 bits per heavy atom. The van der Waals surface area contributed by atoms with Gasteiger partial charge in [0.1, 0.15) is 17.7 Å². The molecule has 1 aromatic rings. The lowest BCUT2D eigenvalue weighted by molar-refractivity contribution is 0.109. The summed E-state index contributed by atoms with van der Waals surface area (Å²) in [4.78, 5) is 11.4. The van der Waals surface area contributed by atoms with Crippen LogP contribution in [0.3, 0.4) is 0 Å². The lowest BCUT2D eigenvalue weighted by Gasteiger charge is -2.29. The van der Waals surface area contributed by atoms with Crippen LogP contribution in [0.2, 0.25) is 0 Å². The van der Waals surface area contributed by atoms with Gasteiger partial charge in [0.25, 0.3) is 0 Å². The van der Waals surface area contributed by atoms with Crippen LogP contribution >= 0.6 is 0 Å². The van der Waals surface area contributed by atoms with E-state index in [2.05, 4.69) is 27.2 Å². The third-order valence-corrected chi connectivity index (χ3v) is 3.87. The summed E-state index contributed by atoms with van der Waals surface area (Å²) in [5.74, 6) is 3.08. The predicted molar refractivity (Wildman–Crippen MR) is 74.7 cm³/mol. The van der Waals surface area contributed by atoms with Crippen LogP contribution in [0.4, 0.5) is 5.82 Å². The van der Waals surface area contributed by atoms with Gasteiger partial charge in [0, 0.05) is 32.1 Å². The molecule has 104 valence electrons. The molecule has 0 unspecified atom stereocenters. The van der Waals surface area contributed by atoms with E-state index in [1.807, 2.05) is 13.1 Å². The van der Waals surface area contributed by atoms with Crippen molar-refractivity contribution in [2.45, 2.75) is 37.7 Å². The Morgan fingerprint density at radius 2 is 1.95 bits per heavy atom. The van der Waals surface area contributed by atoms with Gasteiger partial charge in [-0.25, -0.2) is 4.98 Å². The van der Waals surface area contributed by atoms with Crippen LogP contribution < -0.4 is 10.1 Å². The second-order valence-corrected chi connectivity index (χ2v) is 5.59. The lowest BCUT2D eigenvalue weighted by atomic mass is 10.1. The highest BCUT2D eigenvalue weighted by Crippen LogP contribution is 2.39. The average Bonchev–Trinajstić information content (AvgIpc) is 3.25. The molecule has 19 heavy (non-hydrogen) atoms. The Balaban J connectivity index is 1.70. The minimum absolute atomic E-state index is 0.294. The molecule has 0 amide bonds. The molecule has 5 nitrogen and oxygen atoms in total. The second-order valence-electron chi connectivity index (χ2n) is 5.59. The van der Waals surface area contributed by atoms with E-state index < -0.39 is 0 Å². The summed E-state index contributed by atoms with van der Waals surface area (Å²) in [6.07, 6.45) is 4.87. The number of nitrogens with zero attached hydrogens (tertiary/aromatic N) is 3. The average molecular weight is 262 g/mol. The Labute approximate surface area is 114 Å². The summed E-state index contributed by atoms with van der Waals surface area (Å²) in [5, 5.41) is 3.10. The first kappa shape index (κ1) is 12.7. The molecule has 2 aliphatic rings.